The van der Waals surface area contributed by atoms with Crippen molar-refractivity contribution in [2.24, 2.45) is 0 Å². The van der Waals surface area contributed by atoms with Crippen LogP contribution in [0.2, 0.25) is 0 Å². The number of aryl methyl sites for hydroxylation is 4. The molecule has 2 heterocycles. The predicted molar refractivity (Wildman–Crippen MR) is 108 cm³/mol. The van der Waals surface area contributed by atoms with Crippen LogP contribution in [0.3, 0.4) is 0 Å². The summed E-state index contributed by atoms with van der Waals surface area (Å²) in [5, 5.41) is 7.00. The van der Waals surface area contributed by atoms with Gasteiger partial charge in [-0.1, -0.05) is 66.8 Å². The quantitative estimate of drug-likeness (QED) is 0.356. The van der Waals surface area contributed by atoms with Gasteiger partial charge in [-0.15, -0.1) is 22.5 Å². The fraction of sp³-hybridized carbons (Fsp3) is 0.600. The molecule has 0 aliphatic heterocycles. The molecule has 0 aromatic carbocycles. The summed E-state index contributed by atoms with van der Waals surface area (Å²) in [6.07, 6.45) is 0. The first kappa shape index (κ1) is 29.1. The summed E-state index contributed by atoms with van der Waals surface area (Å²) in [5.41, 5.74) is 10.0. The first-order valence-corrected chi connectivity index (χ1v) is 8.18. The number of hydrogen-bond acceptors (Lipinski definition) is 2. The molecule has 0 saturated carbocycles. The molecule has 2 aromatic rings. The number of nitrogens with zero attached hydrogens (tertiary/aromatic N) is 4. The van der Waals surface area contributed by atoms with E-state index < -0.39 is 0 Å². The minimum atomic E-state index is 0. The van der Waals surface area contributed by atoms with Gasteiger partial charge in [-0.05, 0) is 0 Å². The SMILES string of the molecule is C[N-]C.C[N-]C.Cc1n[c-](C)c(C)c1C.Cc1n[c-](C)c(C)c1C.[Hf+4]. The average molecular weight is 511 g/mol. The molecule has 0 atom stereocenters. The van der Waals surface area contributed by atoms with Gasteiger partial charge in [-0.3, -0.25) is 0 Å². The van der Waals surface area contributed by atoms with Crippen molar-refractivity contribution in [1.82, 2.24) is 9.97 Å². The van der Waals surface area contributed by atoms with Crippen molar-refractivity contribution >= 4 is 0 Å². The molecule has 140 valence electrons. The van der Waals surface area contributed by atoms with Crippen molar-refractivity contribution in [3.63, 3.8) is 0 Å². The molecule has 0 radical (unpaired) electrons. The summed E-state index contributed by atoms with van der Waals surface area (Å²) in [6.45, 7) is 16.7. The average Bonchev–Trinajstić information content (AvgIpc) is 2.86. The molecule has 0 spiro atoms. The van der Waals surface area contributed by atoms with E-state index in [1.807, 2.05) is 0 Å². The zero-order chi connectivity index (χ0) is 19.4. The molecule has 0 bridgehead atoms. The van der Waals surface area contributed by atoms with E-state index in [-0.39, 0.29) is 25.8 Å². The maximum Gasteiger partial charge on any atom is 4.00 e. The summed E-state index contributed by atoms with van der Waals surface area (Å²) in [5.74, 6) is 0. The normalized spacial score (nSPS) is 8.80. The van der Waals surface area contributed by atoms with E-state index in [1.54, 1.807) is 28.2 Å². The Kier molecular flexibility index (Phi) is 18.2. The largest absolute Gasteiger partial charge is 4.00 e. The summed E-state index contributed by atoms with van der Waals surface area (Å²) < 4.78 is 0. The topological polar surface area (TPSA) is 54.0 Å². The molecule has 0 N–H and O–H groups in total. The van der Waals surface area contributed by atoms with Gasteiger partial charge in [0.05, 0.1) is 0 Å². The molecule has 0 unspecified atom stereocenters. The van der Waals surface area contributed by atoms with Crippen molar-refractivity contribution in [2.45, 2.75) is 55.4 Å². The van der Waals surface area contributed by atoms with Crippen LogP contribution in [-0.2, 0) is 25.8 Å². The molecule has 5 heteroatoms. The standard InChI is InChI=1S/2C8H12N.2C2H6N.Hf/c2*1-5-6(2)8(4)9-7(5)3;2*1-3-2;/h2*1-4H3;2*1-2H3;/q4*-1;+4. The molecular weight excluding hydrogens is 475 g/mol. The first-order chi connectivity index (χ1) is 11.1. The van der Waals surface area contributed by atoms with Gasteiger partial charge in [0.1, 0.15) is 0 Å². The Labute approximate surface area is 174 Å². The number of aromatic nitrogens is 2. The van der Waals surface area contributed by atoms with E-state index in [0.717, 1.165) is 0 Å². The van der Waals surface area contributed by atoms with Crippen molar-refractivity contribution in [2.75, 3.05) is 28.2 Å². The van der Waals surface area contributed by atoms with Crippen LogP contribution in [0.15, 0.2) is 0 Å². The van der Waals surface area contributed by atoms with Crippen molar-refractivity contribution in [1.29, 1.82) is 0 Å². The van der Waals surface area contributed by atoms with Crippen molar-refractivity contribution in [3.05, 3.63) is 55.7 Å². The van der Waals surface area contributed by atoms with Crippen molar-refractivity contribution < 1.29 is 25.8 Å². The van der Waals surface area contributed by atoms with Gasteiger partial charge in [0.15, 0.2) is 0 Å². The molecule has 0 aliphatic rings. The minimum absolute atomic E-state index is 0. The van der Waals surface area contributed by atoms with E-state index in [2.05, 4.69) is 76.0 Å². The molecule has 2 aromatic heterocycles. The zero-order valence-corrected chi connectivity index (χ0v) is 21.9. The van der Waals surface area contributed by atoms with Gasteiger partial charge in [0.2, 0.25) is 0 Å². The molecule has 0 amide bonds. The summed E-state index contributed by atoms with van der Waals surface area (Å²) in [4.78, 5) is 8.62. The molecule has 0 fully saturated rings. The van der Waals surface area contributed by atoms with Gasteiger partial charge in [-0.25, -0.2) is 0 Å². The van der Waals surface area contributed by atoms with Crippen LogP contribution >= 0.6 is 0 Å². The molecule has 0 aliphatic carbocycles. The fourth-order valence-corrected chi connectivity index (χ4v) is 1.92. The van der Waals surface area contributed by atoms with Crippen LogP contribution in [0.5, 0.6) is 0 Å². The molecule has 4 nitrogen and oxygen atoms in total. The van der Waals surface area contributed by atoms with Crippen LogP contribution in [-0.4, -0.2) is 38.2 Å². The maximum absolute atomic E-state index is 4.31. The molecule has 25 heavy (non-hydrogen) atoms. The summed E-state index contributed by atoms with van der Waals surface area (Å²) in [6, 6.07) is 0. The second-order valence-corrected chi connectivity index (χ2v) is 5.96. The van der Waals surface area contributed by atoms with Gasteiger partial charge in [0, 0.05) is 0 Å². The Morgan fingerprint density at radius 1 is 0.600 bits per heavy atom. The van der Waals surface area contributed by atoms with Gasteiger partial charge in [0.25, 0.3) is 0 Å². The number of hydrogen-bond donors (Lipinski definition) is 0. The van der Waals surface area contributed by atoms with Crippen LogP contribution in [0.1, 0.15) is 45.0 Å². The Morgan fingerprint density at radius 2 is 0.800 bits per heavy atom. The molecule has 0 saturated heterocycles. The van der Waals surface area contributed by atoms with Crippen LogP contribution in [0.4, 0.5) is 0 Å². The third-order valence-corrected chi connectivity index (χ3v) is 3.97. The second kappa shape index (κ2) is 15.6. The van der Waals surface area contributed by atoms with E-state index in [4.69, 9.17) is 0 Å². The molecular formula is C20H36HfN4. The summed E-state index contributed by atoms with van der Waals surface area (Å²) in [7, 11) is 7.00. The predicted octanol–water partition coefficient (Wildman–Crippen LogP) is 5.31. The van der Waals surface area contributed by atoms with Crippen LogP contribution < -0.4 is 0 Å². The Hall–Kier alpha value is -0.650. The third kappa shape index (κ3) is 10.8. The third-order valence-electron chi connectivity index (χ3n) is 3.97. The maximum atomic E-state index is 4.31. The monoisotopic (exact) mass is 512 g/mol. The van der Waals surface area contributed by atoms with Crippen LogP contribution in [0.25, 0.3) is 10.6 Å². The summed E-state index contributed by atoms with van der Waals surface area (Å²) >= 11 is 0. The Morgan fingerprint density at radius 3 is 0.840 bits per heavy atom. The van der Waals surface area contributed by atoms with E-state index in [9.17, 15) is 0 Å². The fourth-order valence-electron chi connectivity index (χ4n) is 1.92. The first-order valence-electron chi connectivity index (χ1n) is 8.18. The zero-order valence-electron chi connectivity index (χ0n) is 18.3. The van der Waals surface area contributed by atoms with Crippen LogP contribution in [0, 0.1) is 55.4 Å². The van der Waals surface area contributed by atoms with E-state index in [0.29, 0.717) is 0 Å². The smallest absolute Gasteiger partial charge is 0.668 e. The van der Waals surface area contributed by atoms with Crippen molar-refractivity contribution in [3.8, 4) is 0 Å². The Balaban J connectivity index is -0.000000287. The molecule has 2 rings (SSSR count). The van der Waals surface area contributed by atoms with Gasteiger partial charge < -0.3 is 20.6 Å². The Bertz CT molecular complexity index is 486. The van der Waals surface area contributed by atoms with E-state index >= 15 is 0 Å². The van der Waals surface area contributed by atoms with E-state index in [1.165, 1.54) is 45.0 Å². The second-order valence-electron chi connectivity index (χ2n) is 5.96. The number of rotatable bonds is 0. The van der Waals surface area contributed by atoms with Gasteiger partial charge >= 0.3 is 25.8 Å². The minimum Gasteiger partial charge on any atom is -0.668 e. The van der Waals surface area contributed by atoms with Gasteiger partial charge in [-0.2, -0.15) is 39.3 Å².